The quantitative estimate of drug-likeness (QED) is 0.710. The first-order valence-electron chi connectivity index (χ1n) is 8.07. The summed E-state index contributed by atoms with van der Waals surface area (Å²) in [5.74, 6) is 0.298. The predicted molar refractivity (Wildman–Crippen MR) is 102 cm³/mol. The average Bonchev–Trinajstić information content (AvgIpc) is 3.04. The Hall–Kier alpha value is -2.41. The molecule has 0 amide bonds. The Labute approximate surface area is 154 Å². The highest BCUT2D eigenvalue weighted by Crippen LogP contribution is 2.22. The number of anilines is 1. The third-order valence-electron chi connectivity index (χ3n) is 3.94. The molecule has 1 aromatic carbocycles. The number of hydrogen-bond acceptors (Lipinski definition) is 4. The number of aryl methyl sites for hydroxylation is 1. The molecular formula is C18H20BrN5O. The molecule has 6 nitrogen and oxygen atoms in total. The van der Waals surface area contributed by atoms with Gasteiger partial charge in [0.15, 0.2) is 0 Å². The Morgan fingerprint density at radius 1 is 1.24 bits per heavy atom. The van der Waals surface area contributed by atoms with Crippen LogP contribution in [0, 0.1) is 0 Å². The fraction of sp³-hybridized carbons (Fsp3) is 0.278. The molecule has 0 spiro atoms. The summed E-state index contributed by atoms with van der Waals surface area (Å²) in [5, 5.41) is 12.1. The number of hydrogen-bond donors (Lipinski definition) is 1. The molecule has 2 heterocycles. The van der Waals surface area contributed by atoms with Gasteiger partial charge in [-0.05, 0) is 34.0 Å². The van der Waals surface area contributed by atoms with E-state index in [9.17, 15) is 4.79 Å². The van der Waals surface area contributed by atoms with Gasteiger partial charge in [-0.15, -0.1) is 0 Å². The van der Waals surface area contributed by atoms with E-state index in [1.54, 1.807) is 13.2 Å². The number of rotatable bonds is 5. The Balaban J connectivity index is 1.88. The van der Waals surface area contributed by atoms with Crippen LogP contribution in [-0.4, -0.2) is 19.6 Å². The van der Waals surface area contributed by atoms with Crippen LogP contribution in [0.1, 0.15) is 31.0 Å². The smallest absolute Gasteiger partial charge is 0.282 e. The van der Waals surface area contributed by atoms with Crippen molar-refractivity contribution in [3.8, 4) is 5.69 Å². The van der Waals surface area contributed by atoms with Crippen LogP contribution >= 0.6 is 15.9 Å². The third kappa shape index (κ3) is 3.66. The average molecular weight is 402 g/mol. The van der Waals surface area contributed by atoms with Gasteiger partial charge in [-0.1, -0.05) is 32.0 Å². The van der Waals surface area contributed by atoms with Crippen molar-refractivity contribution >= 4 is 21.6 Å². The molecule has 0 aliphatic carbocycles. The van der Waals surface area contributed by atoms with Crippen LogP contribution in [0.25, 0.3) is 5.69 Å². The van der Waals surface area contributed by atoms with Crippen LogP contribution in [0.2, 0.25) is 0 Å². The summed E-state index contributed by atoms with van der Waals surface area (Å²) in [5.41, 5.74) is 3.64. The van der Waals surface area contributed by atoms with Gasteiger partial charge in [-0.3, -0.25) is 4.79 Å². The standard InChI is InChI=1S/C18H20BrN5O/c1-12(2)17-13(11-24(22-17)14-7-5-4-6-8-14)9-20-15-10-21-23(3)18(25)16(15)19/h4-8,10-12,20H,9H2,1-3H3. The Morgan fingerprint density at radius 3 is 2.64 bits per heavy atom. The fourth-order valence-electron chi connectivity index (χ4n) is 2.58. The minimum Gasteiger partial charge on any atom is -0.378 e. The van der Waals surface area contributed by atoms with E-state index in [2.05, 4.69) is 40.2 Å². The molecule has 0 fully saturated rings. The summed E-state index contributed by atoms with van der Waals surface area (Å²) in [6.07, 6.45) is 3.67. The van der Waals surface area contributed by atoms with Gasteiger partial charge < -0.3 is 5.32 Å². The maximum atomic E-state index is 12.0. The molecule has 7 heteroatoms. The predicted octanol–water partition coefficient (Wildman–Crippen LogP) is 3.46. The van der Waals surface area contributed by atoms with E-state index in [4.69, 9.17) is 5.10 Å². The molecule has 3 aromatic rings. The fourth-order valence-corrected chi connectivity index (χ4v) is 3.08. The zero-order valence-corrected chi connectivity index (χ0v) is 16.0. The van der Waals surface area contributed by atoms with E-state index in [1.807, 2.05) is 41.2 Å². The van der Waals surface area contributed by atoms with Crippen molar-refractivity contribution in [2.75, 3.05) is 5.32 Å². The second-order valence-corrected chi connectivity index (χ2v) is 6.92. The Bertz CT molecular complexity index is 930. The van der Waals surface area contributed by atoms with E-state index in [1.165, 1.54) is 4.68 Å². The summed E-state index contributed by atoms with van der Waals surface area (Å²) in [4.78, 5) is 12.0. The van der Waals surface area contributed by atoms with Gasteiger partial charge in [-0.25, -0.2) is 9.36 Å². The first-order valence-corrected chi connectivity index (χ1v) is 8.86. The highest BCUT2D eigenvalue weighted by molar-refractivity contribution is 9.10. The minimum absolute atomic E-state index is 0.172. The van der Waals surface area contributed by atoms with E-state index in [-0.39, 0.29) is 5.56 Å². The van der Waals surface area contributed by atoms with Gasteiger partial charge in [0.1, 0.15) is 4.47 Å². The van der Waals surface area contributed by atoms with Gasteiger partial charge >= 0.3 is 0 Å². The first kappa shape index (κ1) is 17.4. The van der Waals surface area contributed by atoms with Gasteiger partial charge in [0.05, 0.1) is 23.3 Å². The van der Waals surface area contributed by atoms with Crippen molar-refractivity contribution < 1.29 is 0 Å². The number of aromatic nitrogens is 4. The zero-order valence-electron chi connectivity index (χ0n) is 14.4. The monoisotopic (exact) mass is 401 g/mol. The van der Waals surface area contributed by atoms with E-state index < -0.39 is 0 Å². The summed E-state index contributed by atoms with van der Waals surface area (Å²) in [6.45, 7) is 4.81. The zero-order chi connectivity index (χ0) is 18.0. The molecule has 2 aromatic heterocycles. The molecule has 3 rings (SSSR count). The second kappa shape index (κ2) is 7.23. The van der Waals surface area contributed by atoms with Crippen molar-refractivity contribution in [3.05, 3.63) is 68.8 Å². The Morgan fingerprint density at radius 2 is 1.96 bits per heavy atom. The van der Waals surface area contributed by atoms with Crippen LogP contribution in [0.5, 0.6) is 0 Å². The first-order chi connectivity index (χ1) is 12.0. The summed E-state index contributed by atoms with van der Waals surface area (Å²) >= 11 is 3.34. The van der Waals surface area contributed by atoms with Crippen LogP contribution in [-0.2, 0) is 13.6 Å². The highest BCUT2D eigenvalue weighted by Gasteiger charge is 2.14. The number of nitrogens with zero attached hydrogens (tertiary/aromatic N) is 4. The lowest BCUT2D eigenvalue weighted by Crippen LogP contribution is -2.21. The molecule has 0 saturated carbocycles. The molecule has 0 aliphatic heterocycles. The van der Waals surface area contributed by atoms with Crippen LogP contribution < -0.4 is 10.9 Å². The van der Waals surface area contributed by atoms with E-state index in [0.717, 1.165) is 16.9 Å². The van der Waals surface area contributed by atoms with E-state index >= 15 is 0 Å². The summed E-state index contributed by atoms with van der Waals surface area (Å²) in [6, 6.07) is 10.0. The number of halogens is 1. The maximum absolute atomic E-state index is 12.0. The van der Waals surface area contributed by atoms with Crippen molar-refractivity contribution in [1.29, 1.82) is 0 Å². The molecule has 0 saturated heterocycles. The molecule has 0 bridgehead atoms. The third-order valence-corrected chi connectivity index (χ3v) is 4.70. The summed E-state index contributed by atoms with van der Waals surface area (Å²) in [7, 11) is 1.62. The number of benzene rings is 1. The van der Waals surface area contributed by atoms with Crippen molar-refractivity contribution in [2.24, 2.45) is 7.05 Å². The van der Waals surface area contributed by atoms with Gasteiger partial charge in [0.2, 0.25) is 0 Å². The van der Waals surface area contributed by atoms with Crippen molar-refractivity contribution in [1.82, 2.24) is 19.6 Å². The van der Waals surface area contributed by atoms with Gasteiger partial charge in [-0.2, -0.15) is 10.2 Å². The Kier molecular flexibility index (Phi) is 5.03. The molecule has 1 N–H and O–H groups in total. The number of nitrogens with one attached hydrogen (secondary N) is 1. The van der Waals surface area contributed by atoms with Crippen LogP contribution in [0.15, 0.2) is 52.0 Å². The van der Waals surface area contributed by atoms with Crippen LogP contribution in [0.4, 0.5) is 5.69 Å². The van der Waals surface area contributed by atoms with Crippen molar-refractivity contribution in [3.63, 3.8) is 0 Å². The molecule has 0 aliphatic rings. The lowest BCUT2D eigenvalue weighted by Gasteiger charge is -2.09. The normalized spacial score (nSPS) is 11.1. The van der Waals surface area contributed by atoms with Gasteiger partial charge in [0.25, 0.3) is 5.56 Å². The van der Waals surface area contributed by atoms with Crippen molar-refractivity contribution in [2.45, 2.75) is 26.3 Å². The van der Waals surface area contributed by atoms with Gasteiger partial charge in [0, 0.05) is 25.4 Å². The molecule has 130 valence electrons. The largest absolute Gasteiger partial charge is 0.378 e. The van der Waals surface area contributed by atoms with Crippen LogP contribution in [0.3, 0.4) is 0 Å². The van der Waals surface area contributed by atoms with E-state index in [0.29, 0.717) is 22.6 Å². The molecule has 0 radical (unpaired) electrons. The summed E-state index contributed by atoms with van der Waals surface area (Å²) < 4.78 is 3.66. The minimum atomic E-state index is -0.172. The highest BCUT2D eigenvalue weighted by atomic mass is 79.9. The topological polar surface area (TPSA) is 64.7 Å². The SMILES string of the molecule is CC(C)c1nn(-c2ccccc2)cc1CNc1cnn(C)c(=O)c1Br. The molecule has 25 heavy (non-hydrogen) atoms. The molecular weight excluding hydrogens is 382 g/mol. The second-order valence-electron chi connectivity index (χ2n) is 6.13. The maximum Gasteiger partial charge on any atom is 0.282 e. The molecule has 0 atom stereocenters. The number of para-hydroxylation sites is 1. The molecule has 0 unspecified atom stereocenters. The lowest BCUT2D eigenvalue weighted by atomic mass is 10.1. The lowest BCUT2D eigenvalue weighted by molar-refractivity contribution is 0.703.